The number of hydrogen-bond donors (Lipinski definition) is 2. The van der Waals surface area contributed by atoms with Gasteiger partial charge in [-0.3, -0.25) is 4.79 Å². The van der Waals surface area contributed by atoms with Crippen LogP contribution >= 0.6 is 11.3 Å². The number of rotatable bonds is 2. The highest BCUT2D eigenvalue weighted by Gasteiger charge is 2.34. The zero-order valence-corrected chi connectivity index (χ0v) is 15.4. The molecule has 2 heterocycles. The van der Waals surface area contributed by atoms with Gasteiger partial charge in [0.2, 0.25) is 0 Å². The number of halogens is 3. The number of nitrogens with zero attached hydrogens (tertiary/aromatic N) is 1. The van der Waals surface area contributed by atoms with Crippen LogP contribution in [0.25, 0.3) is 21.0 Å². The number of aryl methyl sites for hydroxylation is 1. The molecule has 28 heavy (non-hydrogen) atoms. The molecule has 0 unspecified atom stereocenters. The van der Waals surface area contributed by atoms with Gasteiger partial charge in [-0.2, -0.15) is 13.2 Å². The number of pyridine rings is 1. The zero-order valence-electron chi connectivity index (χ0n) is 14.6. The van der Waals surface area contributed by atoms with Crippen LogP contribution in [0, 0.1) is 6.92 Å². The normalized spacial score (nSPS) is 11.9. The monoisotopic (exact) mass is 401 g/mol. The molecule has 3 N–H and O–H groups in total. The molecule has 1 amide bonds. The zero-order chi connectivity index (χ0) is 20.1. The number of nitrogens with two attached hydrogens (primary N) is 1. The van der Waals surface area contributed by atoms with E-state index in [9.17, 15) is 18.0 Å². The van der Waals surface area contributed by atoms with E-state index in [0.717, 1.165) is 28.2 Å². The highest BCUT2D eigenvalue weighted by atomic mass is 32.1. The highest BCUT2D eigenvalue weighted by Crippen LogP contribution is 2.38. The molecule has 0 aliphatic heterocycles. The SMILES string of the molecule is Cc1cc(C(F)(F)F)nc2sc(C(=O)Nc3cccc4ccccc34)c(N)c12. The number of nitrogens with one attached hydrogen (secondary N) is 1. The third-order valence-electron chi connectivity index (χ3n) is 4.43. The quantitative estimate of drug-likeness (QED) is 0.459. The molecular formula is C20H14F3N3OS. The van der Waals surface area contributed by atoms with E-state index in [1.54, 1.807) is 6.07 Å². The number of hydrogen-bond acceptors (Lipinski definition) is 4. The van der Waals surface area contributed by atoms with Gasteiger partial charge in [0.15, 0.2) is 0 Å². The van der Waals surface area contributed by atoms with Gasteiger partial charge in [0, 0.05) is 16.5 Å². The van der Waals surface area contributed by atoms with Crippen LogP contribution in [0.5, 0.6) is 0 Å². The summed E-state index contributed by atoms with van der Waals surface area (Å²) in [6.45, 7) is 1.52. The van der Waals surface area contributed by atoms with Crippen molar-refractivity contribution < 1.29 is 18.0 Å². The number of anilines is 2. The minimum Gasteiger partial charge on any atom is -0.397 e. The molecule has 0 saturated heterocycles. The minimum atomic E-state index is -4.57. The maximum Gasteiger partial charge on any atom is 0.433 e. The Hall–Kier alpha value is -3.13. The van der Waals surface area contributed by atoms with E-state index in [0.29, 0.717) is 16.6 Å². The number of amides is 1. The fourth-order valence-electron chi connectivity index (χ4n) is 3.14. The number of carbonyl (C=O) groups is 1. The topological polar surface area (TPSA) is 68.0 Å². The smallest absolute Gasteiger partial charge is 0.397 e. The summed E-state index contributed by atoms with van der Waals surface area (Å²) in [5.74, 6) is -0.482. The Morgan fingerprint density at radius 3 is 2.61 bits per heavy atom. The fraction of sp³-hybridized carbons (Fsp3) is 0.100. The number of aromatic nitrogens is 1. The Morgan fingerprint density at radius 1 is 1.14 bits per heavy atom. The summed E-state index contributed by atoms with van der Waals surface area (Å²) < 4.78 is 39.1. The van der Waals surface area contributed by atoms with E-state index in [1.807, 2.05) is 36.4 Å². The largest absolute Gasteiger partial charge is 0.433 e. The number of benzene rings is 2. The summed E-state index contributed by atoms with van der Waals surface area (Å²) in [5.41, 5.74) is 6.16. The summed E-state index contributed by atoms with van der Waals surface area (Å²) in [5, 5.41) is 4.99. The molecule has 2 aromatic heterocycles. The Morgan fingerprint density at radius 2 is 1.86 bits per heavy atom. The molecule has 4 aromatic rings. The molecule has 0 aliphatic carbocycles. The van der Waals surface area contributed by atoms with E-state index in [-0.39, 0.29) is 15.4 Å². The molecule has 0 spiro atoms. The Balaban J connectivity index is 1.77. The van der Waals surface area contributed by atoms with Crippen molar-refractivity contribution >= 4 is 49.6 Å². The van der Waals surface area contributed by atoms with Crippen molar-refractivity contribution in [2.75, 3.05) is 11.1 Å². The predicted molar refractivity (Wildman–Crippen MR) is 106 cm³/mol. The lowest BCUT2D eigenvalue weighted by Gasteiger charge is -2.08. The fourth-order valence-corrected chi connectivity index (χ4v) is 4.20. The van der Waals surface area contributed by atoms with Crippen LogP contribution < -0.4 is 11.1 Å². The standard InChI is InChI=1S/C20H14F3N3OS/c1-10-9-14(20(21,22)23)26-19-15(10)16(24)17(28-19)18(27)25-13-8-4-6-11-5-2-3-7-12(11)13/h2-9H,24H2,1H3,(H,25,27). The van der Waals surface area contributed by atoms with Gasteiger partial charge in [-0.1, -0.05) is 36.4 Å². The number of alkyl halides is 3. The molecule has 8 heteroatoms. The average Bonchev–Trinajstić information content (AvgIpc) is 2.98. The van der Waals surface area contributed by atoms with Crippen molar-refractivity contribution in [1.29, 1.82) is 0 Å². The average molecular weight is 401 g/mol. The highest BCUT2D eigenvalue weighted by molar-refractivity contribution is 7.21. The molecular weight excluding hydrogens is 387 g/mol. The minimum absolute atomic E-state index is 0.0906. The third-order valence-corrected chi connectivity index (χ3v) is 5.53. The Bertz CT molecular complexity index is 1230. The number of thiophene rings is 1. The second-order valence-corrected chi connectivity index (χ2v) is 7.33. The van der Waals surface area contributed by atoms with Crippen molar-refractivity contribution in [1.82, 2.24) is 4.98 Å². The second kappa shape index (κ2) is 6.49. The van der Waals surface area contributed by atoms with Crippen molar-refractivity contribution in [2.45, 2.75) is 13.1 Å². The molecule has 0 saturated carbocycles. The maximum atomic E-state index is 13.0. The van der Waals surface area contributed by atoms with E-state index >= 15 is 0 Å². The van der Waals surface area contributed by atoms with Crippen LogP contribution in [-0.4, -0.2) is 10.9 Å². The maximum absolute atomic E-state index is 13.0. The van der Waals surface area contributed by atoms with Crippen LogP contribution in [0.15, 0.2) is 48.5 Å². The Kier molecular flexibility index (Phi) is 4.23. The molecule has 4 rings (SSSR count). The number of fused-ring (bicyclic) bond motifs is 2. The number of carbonyl (C=O) groups excluding carboxylic acids is 1. The molecule has 142 valence electrons. The summed E-state index contributed by atoms with van der Waals surface area (Å²) in [7, 11) is 0. The van der Waals surface area contributed by atoms with Gasteiger partial charge in [0.25, 0.3) is 5.91 Å². The second-order valence-electron chi connectivity index (χ2n) is 6.33. The first-order valence-electron chi connectivity index (χ1n) is 8.31. The molecule has 0 radical (unpaired) electrons. The molecule has 0 bridgehead atoms. The molecule has 4 nitrogen and oxygen atoms in total. The summed E-state index contributed by atoms with van der Waals surface area (Å²) in [6.07, 6.45) is -4.57. The lowest BCUT2D eigenvalue weighted by Crippen LogP contribution is -2.12. The first kappa shape index (κ1) is 18.2. The van der Waals surface area contributed by atoms with Crippen molar-refractivity contribution in [3.63, 3.8) is 0 Å². The van der Waals surface area contributed by atoms with Crippen LogP contribution in [0.1, 0.15) is 20.9 Å². The van der Waals surface area contributed by atoms with Gasteiger partial charge in [0.05, 0.1) is 5.69 Å². The van der Waals surface area contributed by atoms with E-state index in [2.05, 4.69) is 10.3 Å². The van der Waals surface area contributed by atoms with Crippen LogP contribution in [-0.2, 0) is 6.18 Å². The van der Waals surface area contributed by atoms with Crippen LogP contribution in [0.4, 0.5) is 24.5 Å². The van der Waals surface area contributed by atoms with Crippen molar-refractivity contribution in [3.05, 3.63) is 64.7 Å². The van der Waals surface area contributed by atoms with Gasteiger partial charge >= 0.3 is 6.18 Å². The van der Waals surface area contributed by atoms with Gasteiger partial charge in [-0.05, 0) is 30.0 Å². The molecule has 0 fully saturated rings. The van der Waals surface area contributed by atoms with Crippen molar-refractivity contribution in [2.24, 2.45) is 0 Å². The number of nitrogen functional groups attached to an aromatic ring is 1. The third kappa shape index (κ3) is 3.05. The van der Waals surface area contributed by atoms with Gasteiger partial charge < -0.3 is 11.1 Å². The Labute approximate surface area is 161 Å². The molecule has 2 aromatic carbocycles. The van der Waals surface area contributed by atoms with E-state index in [4.69, 9.17) is 5.73 Å². The summed E-state index contributed by atoms with van der Waals surface area (Å²) >= 11 is 0.853. The van der Waals surface area contributed by atoms with E-state index < -0.39 is 17.8 Å². The van der Waals surface area contributed by atoms with Gasteiger partial charge in [-0.25, -0.2) is 4.98 Å². The predicted octanol–water partition coefficient (Wildman–Crippen LogP) is 5.61. The molecule has 0 aliphatic rings. The molecule has 0 atom stereocenters. The van der Waals surface area contributed by atoms with Gasteiger partial charge in [-0.15, -0.1) is 11.3 Å². The summed E-state index contributed by atoms with van der Waals surface area (Å²) in [4.78, 5) is 16.7. The first-order chi connectivity index (χ1) is 13.3. The lowest BCUT2D eigenvalue weighted by molar-refractivity contribution is -0.141. The van der Waals surface area contributed by atoms with Crippen molar-refractivity contribution in [3.8, 4) is 0 Å². The van der Waals surface area contributed by atoms with Crippen LogP contribution in [0.3, 0.4) is 0 Å². The van der Waals surface area contributed by atoms with Crippen LogP contribution in [0.2, 0.25) is 0 Å². The lowest BCUT2D eigenvalue weighted by atomic mass is 10.1. The van der Waals surface area contributed by atoms with Gasteiger partial charge in [0.1, 0.15) is 15.4 Å². The first-order valence-corrected chi connectivity index (χ1v) is 9.13. The summed E-state index contributed by atoms with van der Waals surface area (Å²) in [6, 6.07) is 14.0. The van der Waals surface area contributed by atoms with E-state index in [1.165, 1.54) is 6.92 Å².